The van der Waals surface area contributed by atoms with Gasteiger partial charge in [-0.3, -0.25) is 9.59 Å². The van der Waals surface area contributed by atoms with Crippen LogP contribution < -0.4 is 10.6 Å². The summed E-state index contributed by atoms with van der Waals surface area (Å²) in [7, 11) is 1.51. The maximum atomic E-state index is 13.7. The van der Waals surface area contributed by atoms with Gasteiger partial charge in [0.15, 0.2) is 0 Å². The van der Waals surface area contributed by atoms with Crippen LogP contribution in [-0.4, -0.2) is 58.5 Å². The van der Waals surface area contributed by atoms with E-state index >= 15 is 0 Å². The molecular weight excluding hydrogens is 479 g/mol. The van der Waals surface area contributed by atoms with Crippen LogP contribution in [0, 0.1) is 12.7 Å². The van der Waals surface area contributed by atoms with Gasteiger partial charge in [-0.2, -0.15) is 0 Å². The van der Waals surface area contributed by atoms with Gasteiger partial charge in [0, 0.05) is 18.8 Å². The molecule has 0 saturated carbocycles. The van der Waals surface area contributed by atoms with Crippen molar-refractivity contribution in [2.45, 2.75) is 57.5 Å². The van der Waals surface area contributed by atoms with Crippen LogP contribution in [0.2, 0.25) is 0 Å². The number of hydrogen-bond acceptors (Lipinski definition) is 4. The fourth-order valence-corrected chi connectivity index (χ4v) is 5.51. The number of urea groups is 1. The first-order valence-corrected chi connectivity index (χ1v) is 12.3. The predicted molar refractivity (Wildman–Crippen MR) is 135 cm³/mol. The van der Waals surface area contributed by atoms with Crippen LogP contribution in [0.3, 0.4) is 0 Å². The highest BCUT2D eigenvalue weighted by molar-refractivity contribution is 5.99. The molecule has 0 unspecified atom stereocenters. The van der Waals surface area contributed by atoms with Crippen LogP contribution in [0.5, 0.6) is 0 Å². The molecule has 2 aromatic carbocycles. The molecule has 4 rings (SSSR count). The van der Waals surface area contributed by atoms with Crippen LogP contribution in [0.1, 0.15) is 60.4 Å². The Morgan fingerprint density at radius 2 is 1.81 bits per heavy atom. The summed E-state index contributed by atoms with van der Waals surface area (Å²) >= 11 is 0. The van der Waals surface area contributed by atoms with Crippen LogP contribution >= 0.6 is 0 Å². The fraction of sp³-hybridized carbons (Fsp3) is 0.407. The maximum absolute atomic E-state index is 13.7. The number of amides is 5. The molecule has 196 valence electrons. The molecule has 37 heavy (non-hydrogen) atoms. The van der Waals surface area contributed by atoms with Gasteiger partial charge in [0.25, 0.3) is 0 Å². The number of nitrogens with zero attached hydrogens (tertiary/aromatic N) is 2. The van der Waals surface area contributed by atoms with Crippen LogP contribution in [0.25, 0.3) is 0 Å². The van der Waals surface area contributed by atoms with Crippen molar-refractivity contribution in [1.29, 1.82) is 0 Å². The van der Waals surface area contributed by atoms with Crippen LogP contribution in [0.4, 0.5) is 19.7 Å². The second-order valence-corrected chi connectivity index (χ2v) is 9.66. The minimum absolute atomic E-state index is 0.147. The summed E-state index contributed by atoms with van der Waals surface area (Å²) in [5.74, 6) is -2.16. The van der Waals surface area contributed by atoms with Gasteiger partial charge in [0.2, 0.25) is 11.8 Å². The molecule has 3 atom stereocenters. The average molecular weight is 511 g/mol. The molecule has 0 radical (unpaired) electrons. The maximum Gasteiger partial charge on any atom is 0.414 e. The third-order valence-electron chi connectivity index (χ3n) is 7.34. The molecule has 0 spiro atoms. The van der Waals surface area contributed by atoms with Crippen molar-refractivity contribution < 1.29 is 28.7 Å². The first kappa shape index (κ1) is 26.1. The number of halogens is 1. The number of carbonyl (C=O) groups excluding carboxylic acids is 3. The number of fused-ring (bicyclic) bond motifs is 1. The van der Waals surface area contributed by atoms with E-state index < -0.39 is 30.4 Å². The lowest BCUT2D eigenvalue weighted by atomic mass is 9.98. The molecule has 1 heterocycles. The van der Waals surface area contributed by atoms with Gasteiger partial charge < -0.3 is 20.6 Å². The Balaban J connectivity index is 1.53. The SMILES string of the molecule is CNC(=O)Nc1ccc2c(c1)CC[C@@H]2C(=O)N(CC(=O)N1[C@@H](c2ccc(F)cc2C)CC[C@@H]1C)C(=O)O. The van der Waals surface area contributed by atoms with Gasteiger partial charge in [-0.25, -0.2) is 18.9 Å². The molecule has 0 bridgehead atoms. The third-order valence-corrected chi connectivity index (χ3v) is 7.34. The van der Waals surface area contributed by atoms with Gasteiger partial charge in [-0.05, 0) is 86.1 Å². The zero-order valence-corrected chi connectivity index (χ0v) is 21.1. The Morgan fingerprint density at radius 3 is 2.49 bits per heavy atom. The normalized spacial score (nSPS) is 20.3. The van der Waals surface area contributed by atoms with Crippen molar-refractivity contribution in [3.8, 4) is 0 Å². The van der Waals surface area contributed by atoms with Crippen molar-refractivity contribution >= 4 is 29.6 Å². The standard InChI is InChI=1S/C27H31FN4O5/c1-15-12-18(28)6-9-20(15)23-11-4-16(2)32(23)24(33)14-31(27(36)37)25(34)22-8-5-17-13-19(7-10-21(17)22)30-26(35)29-3/h6-7,9-10,12-13,16,22-23H,4-5,8,11,14H2,1-3H3,(H,36,37)(H2,29,30,35)/t16-,22-,23+/m0/s1. The number of carbonyl (C=O) groups is 4. The smallest absolute Gasteiger partial charge is 0.414 e. The average Bonchev–Trinajstić information content (AvgIpc) is 3.45. The number of anilines is 1. The van der Waals surface area contributed by atoms with E-state index in [0.717, 1.165) is 23.1 Å². The summed E-state index contributed by atoms with van der Waals surface area (Å²) in [6.07, 6.45) is 0.865. The number of likely N-dealkylation sites (tertiary alicyclic amines) is 1. The molecular formula is C27H31FN4O5. The summed E-state index contributed by atoms with van der Waals surface area (Å²) < 4.78 is 13.7. The van der Waals surface area contributed by atoms with E-state index in [1.165, 1.54) is 19.2 Å². The van der Waals surface area contributed by atoms with E-state index in [0.29, 0.717) is 35.4 Å². The van der Waals surface area contributed by atoms with E-state index in [1.54, 1.807) is 36.1 Å². The lowest BCUT2D eigenvalue weighted by Crippen LogP contribution is -2.48. The van der Waals surface area contributed by atoms with E-state index in [-0.39, 0.29) is 23.9 Å². The van der Waals surface area contributed by atoms with E-state index in [9.17, 15) is 28.7 Å². The van der Waals surface area contributed by atoms with E-state index in [4.69, 9.17) is 0 Å². The predicted octanol–water partition coefficient (Wildman–Crippen LogP) is 4.17. The molecule has 5 amide bonds. The first-order chi connectivity index (χ1) is 17.6. The Bertz CT molecular complexity index is 1250. The first-order valence-electron chi connectivity index (χ1n) is 12.3. The number of rotatable bonds is 5. The molecule has 1 aliphatic carbocycles. The van der Waals surface area contributed by atoms with Gasteiger partial charge >= 0.3 is 12.1 Å². The van der Waals surface area contributed by atoms with Crippen molar-refractivity contribution in [1.82, 2.24) is 15.1 Å². The van der Waals surface area contributed by atoms with Crippen molar-refractivity contribution in [2.24, 2.45) is 0 Å². The highest BCUT2D eigenvalue weighted by Gasteiger charge is 2.40. The van der Waals surface area contributed by atoms with Crippen molar-refractivity contribution in [3.05, 3.63) is 64.5 Å². The summed E-state index contributed by atoms with van der Waals surface area (Å²) in [6.45, 7) is 3.09. The monoisotopic (exact) mass is 510 g/mol. The van der Waals surface area contributed by atoms with Gasteiger partial charge in [-0.15, -0.1) is 0 Å². The molecule has 9 nitrogen and oxygen atoms in total. The van der Waals surface area contributed by atoms with Crippen LogP contribution in [-0.2, 0) is 16.0 Å². The summed E-state index contributed by atoms with van der Waals surface area (Å²) in [5, 5.41) is 15.0. The number of nitrogens with one attached hydrogen (secondary N) is 2. The fourth-order valence-electron chi connectivity index (χ4n) is 5.51. The Morgan fingerprint density at radius 1 is 1.08 bits per heavy atom. The van der Waals surface area contributed by atoms with E-state index in [1.807, 2.05) is 6.92 Å². The van der Waals surface area contributed by atoms with Crippen LogP contribution in [0.15, 0.2) is 36.4 Å². The number of carboxylic acid groups (broad SMARTS) is 1. The summed E-state index contributed by atoms with van der Waals surface area (Å²) in [5.41, 5.74) is 3.65. The Hall–Kier alpha value is -3.95. The van der Waals surface area contributed by atoms with E-state index in [2.05, 4.69) is 10.6 Å². The molecule has 10 heteroatoms. The van der Waals surface area contributed by atoms with Crippen molar-refractivity contribution in [3.63, 3.8) is 0 Å². The highest BCUT2D eigenvalue weighted by Crippen LogP contribution is 2.39. The second-order valence-electron chi connectivity index (χ2n) is 9.66. The number of hydrogen-bond donors (Lipinski definition) is 3. The van der Waals surface area contributed by atoms with Gasteiger partial charge in [0.1, 0.15) is 12.4 Å². The second kappa shape index (κ2) is 10.6. The lowest BCUT2D eigenvalue weighted by Gasteiger charge is -2.32. The van der Waals surface area contributed by atoms with Gasteiger partial charge in [0.05, 0.1) is 12.0 Å². The molecule has 2 aliphatic rings. The third kappa shape index (κ3) is 5.28. The quantitative estimate of drug-likeness (QED) is 0.558. The zero-order chi connectivity index (χ0) is 26.9. The molecule has 1 fully saturated rings. The topological polar surface area (TPSA) is 119 Å². The largest absolute Gasteiger partial charge is 0.465 e. The van der Waals surface area contributed by atoms with Crippen molar-refractivity contribution in [2.75, 3.05) is 18.9 Å². The minimum Gasteiger partial charge on any atom is -0.465 e. The molecule has 0 aromatic heterocycles. The summed E-state index contributed by atoms with van der Waals surface area (Å²) in [4.78, 5) is 52.8. The molecule has 2 aromatic rings. The Kier molecular flexibility index (Phi) is 7.47. The Labute approximate surface area is 214 Å². The lowest BCUT2D eigenvalue weighted by molar-refractivity contribution is -0.141. The number of aryl methyl sites for hydroxylation is 2. The number of benzene rings is 2. The highest BCUT2D eigenvalue weighted by atomic mass is 19.1. The number of imide groups is 1. The van der Waals surface area contributed by atoms with Gasteiger partial charge in [-0.1, -0.05) is 12.1 Å². The molecule has 1 saturated heterocycles. The molecule has 3 N–H and O–H groups in total. The zero-order valence-electron chi connectivity index (χ0n) is 21.1. The summed E-state index contributed by atoms with van der Waals surface area (Å²) in [6, 6.07) is 8.76. The molecule has 1 aliphatic heterocycles. The minimum atomic E-state index is -1.48.